The molecule has 2 heterocycles. The molecular formula is C19H11F6N3O2S. The molecule has 2 aromatic heterocycles. The van der Waals surface area contributed by atoms with Gasteiger partial charge in [0, 0.05) is 11.6 Å². The van der Waals surface area contributed by atoms with Crippen molar-refractivity contribution in [2.24, 2.45) is 0 Å². The summed E-state index contributed by atoms with van der Waals surface area (Å²) in [6, 6.07) is 8.87. The van der Waals surface area contributed by atoms with Crippen LogP contribution >= 0.6 is 0 Å². The molecule has 162 valence electrons. The van der Waals surface area contributed by atoms with Gasteiger partial charge in [-0.05, 0) is 35.9 Å². The molecule has 0 saturated heterocycles. The van der Waals surface area contributed by atoms with Crippen LogP contribution in [0.4, 0.5) is 26.3 Å². The second kappa shape index (κ2) is 7.49. The molecule has 1 atom stereocenters. The van der Waals surface area contributed by atoms with Crippen LogP contribution < -0.4 is 0 Å². The van der Waals surface area contributed by atoms with E-state index in [1.54, 1.807) is 0 Å². The largest absolute Gasteiger partial charge is 0.433 e. The van der Waals surface area contributed by atoms with E-state index in [1.807, 2.05) is 6.07 Å². The molecule has 1 aromatic carbocycles. The summed E-state index contributed by atoms with van der Waals surface area (Å²) in [6.07, 6.45) is -9.24. The summed E-state index contributed by atoms with van der Waals surface area (Å²) in [5, 5.41) is 8.87. The molecule has 1 unspecified atom stereocenters. The maximum Gasteiger partial charge on any atom is 0.433 e. The van der Waals surface area contributed by atoms with Crippen molar-refractivity contribution < 1.29 is 34.8 Å². The molecule has 0 fully saturated rings. The lowest BCUT2D eigenvalue weighted by Gasteiger charge is -2.15. The lowest BCUT2D eigenvalue weighted by molar-refractivity contribution is -0.144. The van der Waals surface area contributed by atoms with E-state index in [0.717, 1.165) is 18.4 Å². The summed E-state index contributed by atoms with van der Waals surface area (Å²) < 4.78 is 102. The minimum Gasteiger partial charge on any atom is -0.231 e. The summed E-state index contributed by atoms with van der Waals surface area (Å²) >= 11 is 0. The van der Waals surface area contributed by atoms with E-state index in [4.69, 9.17) is 0 Å². The highest BCUT2D eigenvalue weighted by molar-refractivity contribution is 7.90. The molecule has 0 aliphatic carbocycles. The Labute approximate surface area is 171 Å². The lowest BCUT2D eigenvalue weighted by Crippen LogP contribution is -2.14. The quantitative estimate of drug-likeness (QED) is 0.529. The van der Waals surface area contributed by atoms with Crippen molar-refractivity contribution in [2.45, 2.75) is 23.2 Å². The number of halogens is 6. The minimum atomic E-state index is -5.14. The Bertz CT molecular complexity index is 1290. The van der Waals surface area contributed by atoms with Gasteiger partial charge in [-0.15, -0.1) is 0 Å². The monoisotopic (exact) mass is 459 g/mol. The third-order valence-corrected chi connectivity index (χ3v) is 5.49. The van der Waals surface area contributed by atoms with Gasteiger partial charge in [0.1, 0.15) is 11.6 Å². The van der Waals surface area contributed by atoms with E-state index >= 15 is 0 Å². The fraction of sp³-hybridized carbons (Fsp3) is 0.211. The Balaban J connectivity index is 2.17. The third-order valence-electron chi connectivity index (χ3n) is 4.36. The Morgan fingerprint density at radius 2 is 1.55 bits per heavy atom. The van der Waals surface area contributed by atoms with Crippen molar-refractivity contribution in [3.05, 3.63) is 65.0 Å². The highest BCUT2D eigenvalue weighted by Crippen LogP contribution is 2.38. The van der Waals surface area contributed by atoms with Crippen LogP contribution in [-0.2, 0) is 22.2 Å². The molecule has 0 aliphatic rings. The predicted molar refractivity (Wildman–Crippen MR) is 96.5 cm³/mol. The second-order valence-electron chi connectivity index (χ2n) is 6.56. The molecule has 3 aromatic rings. The van der Waals surface area contributed by atoms with Crippen molar-refractivity contribution in [1.29, 1.82) is 5.26 Å². The van der Waals surface area contributed by atoms with Crippen molar-refractivity contribution in [2.75, 3.05) is 6.26 Å². The van der Waals surface area contributed by atoms with E-state index in [9.17, 15) is 40.0 Å². The van der Waals surface area contributed by atoms with E-state index < -0.39 is 50.4 Å². The highest BCUT2D eigenvalue weighted by Gasteiger charge is 2.39. The van der Waals surface area contributed by atoms with Gasteiger partial charge in [-0.3, -0.25) is 0 Å². The maximum absolute atomic E-state index is 13.3. The molecule has 3 rings (SSSR count). The molecule has 12 heteroatoms. The fourth-order valence-corrected chi connectivity index (χ4v) is 3.51. The summed E-state index contributed by atoms with van der Waals surface area (Å²) in [5.41, 5.74) is -4.00. The molecule has 0 N–H and O–H groups in total. The van der Waals surface area contributed by atoms with Crippen molar-refractivity contribution in [1.82, 2.24) is 9.97 Å². The van der Waals surface area contributed by atoms with Crippen LogP contribution in [0, 0.1) is 11.3 Å². The van der Waals surface area contributed by atoms with E-state index in [1.165, 1.54) is 24.3 Å². The smallest absolute Gasteiger partial charge is 0.231 e. The van der Waals surface area contributed by atoms with E-state index in [2.05, 4.69) is 9.97 Å². The zero-order valence-electron chi connectivity index (χ0n) is 15.5. The molecule has 31 heavy (non-hydrogen) atoms. The van der Waals surface area contributed by atoms with Crippen LogP contribution in [0.5, 0.6) is 0 Å². The number of aromatic nitrogens is 2. The first-order chi connectivity index (χ1) is 14.2. The van der Waals surface area contributed by atoms with Crippen LogP contribution in [0.25, 0.3) is 11.0 Å². The number of hydrogen-bond donors (Lipinski definition) is 0. The highest BCUT2D eigenvalue weighted by atomic mass is 32.2. The zero-order chi connectivity index (χ0) is 23.2. The number of hydrogen-bond acceptors (Lipinski definition) is 5. The standard InChI is InChI=1S/C19H11F6N3O2S/c1-31(29,30)11-4-2-10(3-5-11)13(9-26)15-7-6-12-14(18(20,21)22)8-16(19(23,24)25)28-17(12)27-15/h2-8,13H,1H3. The Morgan fingerprint density at radius 3 is 2.03 bits per heavy atom. The summed E-state index contributed by atoms with van der Waals surface area (Å²) in [7, 11) is -3.50. The van der Waals surface area contributed by atoms with Crippen molar-refractivity contribution in [3.8, 4) is 6.07 Å². The Morgan fingerprint density at radius 1 is 0.935 bits per heavy atom. The first-order valence-corrected chi connectivity index (χ1v) is 10.3. The van der Waals surface area contributed by atoms with E-state index in [-0.39, 0.29) is 22.2 Å². The fourth-order valence-electron chi connectivity index (χ4n) is 2.88. The van der Waals surface area contributed by atoms with Gasteiger partial charge < -0.3 is 0 Å². The SMILES string of the molecule is CS(=O)(=O)c1ccc(C(C#N)c2ccc3c(C(F)(F)F)cc(C(F)(F)F)nc3n2)cc1. The molecule has 0 amide bonds. The van der Waals surface area contributed by atoms with Gasteiger partial charge in [-0.25, -0.2) is 18.4 Å². The van der Waals surface area contributed by atoms with Gasteiger partial charge in [0.15, 0.2) is 15.5 Å². The number of nitrogens with zero attached hydrogens (tertiary/aromatic N) is 3. The topological polar surface area (TPSA) is 83.7 Å². The molecular weight excluding hydrogens is 448 g/mol. The predicted octanol–water partition coefficient (Wildman–Crippen LogP) is 4.73. The second-order valence-corrected chi connectivity index (χ2v) is 8.58. The molecule has 0 radical (unpaired) electrons. The Hall–Kier alpha value is -3.20. The number of alkyl halides is 6. The molecule has 0 spiro atoms. The summed E-state index contributed by atoms with van der Waals surface area (Å²) in [4.78, 5) is 6.98. The van der Waals surface area contributed by atoms with Gasteiger partial charge >= 0.3 is 12.4 Å². The van der Waals surface area contributed by atoms with Crippen molar-refractivity contribution in [3.63, 3.8) is 0 Å². The zero-order valence-corrected chi connectivity index (χ0v) is 16.3. The third kappa shape index (κ3) is 4.61. The van der Waals surface area contributed by atoms with Gasteiger partial charge in [0.05, 0.1) is 22.2 Å². The van der Waals surface area contributed by atoms with E-state index in [0.29, 0.717) is 0 Å². The van der Waals surface area contributed by atoms with Crippen LogP contribution in [0.2, 0.25) is 0 Å². The average Bonchev–Trinajstić information content (AvgIpc) is 2.65. The number of nitriles is 1. The normalized spacial score (nSPS) is 13.7. The van der Waals surface area contributed by atoms with Crippen LogP contribution in [-0.4, -0.2) is 24.6 Å². The minimum absolute atomic E-state index is 0.0225. The van der Waals surface area contributed by atoms with Gasteiger partial charge in [-0.1, -0.05) is 12.1 Å². The Kier molecular flexibility index (Phi) is 5.43. The van der Waals surface area contributed by atoms with Crippen LogP contribution in [0.1, 0.15) is 28.4 Å². The number of pyridine rings is 2. The molecule has 0 bridgehead atoms. The van der Waals surface area contributed by atoms with Crippen LogP contribution in [0.15, 0.2) is 47.4 Å². The van der Waals surface area contributed by atoms with Gasteiger partial charge in [0.25, 0.3) is 0 Å². The van der Waals surface area contributed by atoms with Gasteiger partial charge in [-0.2, -0.15) is 31.6 Å². The number of benzene rings is 1. The molecule has 0 aliphatic heterocycles. The molecule has 0 saturated carbocycles. The van der Waals surface area contributed by atoms with Crippen molar-refractivity contribution >= 4 is 20.9 Å². The number of sulfone groups is 1. The summed E-state index contributed by atoms with van der Waals surface area (Å²) in [5.74, 6) is -1.18. The lowest BCUT2D eigenvalue weighted by atomic mass is 9.96. The average molecular weight is 459 g/mol. The molecule has 5 nitrogen and oxygen atoms in total. The van der Waals surface area contributed by atoms with Crippen LogP contribution in [0.3, 0.4) is 0 Å². The summed E-state index contributed by atoms with van der Waals surface area (Å²) in [6.45, 7) is 0. The number of rotatable bonds is 3. The maximum atomic E-state index is 13.3. The first kappa shape index (κ1) is 22.5. The van der Waals surface area contributed by atoms with Gasteiger partial charge in [0.2, 0.25) is 0 Å². The first-order valence-electron chi connectivity index (χ1n) is 8.37. The number of fused-ring (bicyclic) bond motifs is 1.